The number of anilines is 1. The Morgan fingerprint density at radius 2 is 1.71 bits per heavy atom. The molecule has 166 valence electrons. The maximum atomic E-state index is 13.3. The number of carbonyl (C=O) groups excluding carboxylic acids is 2. The second-order valence-electron chi connectivity index (χ2n) is 7.27. The average Bonchev–Trinajstić information content (AvgIpc) is 3.04. The molecule has 1 N–H and O–H groups in total. The van der Waals surface area contributed by atoms with Gasteiger partial charge in [-0.25, -0.2) is 17.1 Å². The quantitative estimate of drug-likeness (QED) is 0.672. The third-order valence-corrected chi connectivity index (χ3v) is 7.10. The van der Waals surface area contributed by atoms with Gasteiger partial charge in [-0.1, -0.05) is 26.0 Å². The fourth-order valence-corrected chi connectivity index (χ4v) is 5.18. The highest BCUT2D eigenvalue weighted by Crippen LogP contribution is 2.25. The highest BCUT2D eigenvalue weighted by Gasteiger charge is 2.36. The van der Waals surface area contributed by atoms with Crippen LogP contribution in [0.5, 0.6) is 0 Å². The zero-order chi connectivity index (χ0) is 22.6. The maximum Gasteiger partial charge on any atom is 0.251 e. The van der Waals surface area contributed by atoms with E-state index in [0.29, 0.717) is 12.1 Å². The van der Waals surface area contributed by atoms with Gasteiger partial charge in [0.15, 0.2) is 0 Å². The van der Waals surface area contributed by atoms with E-state index in [1.54, 1.807) is 12.1 Å². The molecule has 0 radical (unpaired) electrons. The molecule has 1 aliphatic heterocycles. The summed E-state index contributed by atoms with van der Waals surface area (Å²) in [5.41, 5.74) is 1.48. The van der Waals surface area contributed by atoms with Gasteiger partial charge in [-0.15, -0.1) is 0 Å². The molecule has 0 spiro atoms. The number of likely N-dealkylation sites (N-methyl/N-ethyl adjacent to an activating group) is 1. The van der Waals surface area contributed by atoms with Gasteiger partial charge < -0.3 is 5.32 Å². The molecule has 0 saturated carbocycles. The first-order chi connectivity index (χ1) is 14.8. The standard InChI is InChI=1S/C22H26FN3O4S/c1-3-25(4-2)20(16-5-9-18(23)10-6-16)15-24-22(28)17-7-11-19(12-8-17)26-21(27)13-14-31(26,29)30/h5-12,20H,3-4,13-15H2,1-2H3,(H,24,28). The number of sulfonamides is 1. The Hall–Kier alpha value is -2.78. The van der Waals surface area contributed by atoms with Crippen LogP contribution in [0.15, 0.2) is 48.5 Å². The SMILES string of the molecule is CCN(CC)C(CNC(=O)c1ccc(N2C(=O)CCS2(=O)=O)cc1)c1ccc(F)cc1. The average molecular weight is 448 g/mol. The van der Waals surface area contributed by atoms with Crippen molar-refractivity contribution in [1.82, 2.24) is 10.2 Å². The molecule has 1 heterocycles. The van der Waals surface area contributed by atoms with Crippen LogP contribution in [0.25, 0.3) is 0 Å². The van der Waals surface area contributed by atoms with Crippen molar-refractivity contribution >= 4 is 27.5 Å². The molecule has 1 atom stereocenters. The number of benzene rings is 2. The molecular formula is C22H26FN3O4S. The first-order valence-electron chi connectivity index (χ1n) is 10.2. The second kappa shape index (κ2) is 9.57. The van der Waals surface area contributed by atoms with Crippen LogP contribution in [0.4, 0.5) is 10.1 Å². The van der Waals surface area contributed by atoms with E-state index < -0.39 is 15.9 Å². The molecule has 1 aliphatic rings. The van der Waals surface area contributed by atoms with Gasteiger partial charge in [0.25, 0.3) is 5.91 Å². The predicted molar refractivity (Wildman–Crippen MR) is 117 cm³/mol. The Balaban J connectivity index is 1.72. The Morgan fingerprint density at radius 3 is 2.23 bits per heavy atom. The number of amides is 2. The van der Waals surface area contributed by atoms with E-state index in [-0.39, 0.29) is 35.6 Å². The first-order valence-corrected chi connectivity index (χ1v) is 11.8. The molecule has 7 nitrogen and oxygen atoms in total. The van der Waals surface area contributed by atoms with Crippen LogP contribution in [0, 0.1) is 5.82 Å². The van der Waals surface area contributed by atoms with Gasteiger partial charge in [-0.2, -0.15) is 0 Å². The van der Waals surface area contributed by atoms with Crippen molar-refractivity contribution in [2.75, 3.05) is 29.7 Å². The van der Waals surface area contributed by atoms with Crippen LogP contribution in [0.2, 0.25) is 0 Å². The topological polar surface area (TPSA) is 86.8 Å². The summed E-state index contributed by atoms with van der Waals surface area (Å²) in [7, 11) is -3.64. The van der Waals surface area contributed by atoms with Crippen molar-refractivity contribution < 1.29 is 22.4 Å². The van der Waals surface area contributed by atoms with Crippen LogP contribution >= 0.6 is 0 Å². The van der Waals surface area contributed by atoms with Gasteiger partial charge in [-0.3, -0.25) is 14.5 Å². The molecule has 1 fully saturated rings. The van der Waals surface area contributed by atoms with Crippen LogP contribution in [-0.4, -0.2) is 50.5 Å². The third kappa shape index (κ3) is 5.11. The molecule has 0 bridgehead atoms. The van der Waals surface area contributed by atoms with E-state index in [1.165, 1.54) is 36.4 Å². The van der Waals surface area contributed by atoms with Crippen LogP contribution < -0.4 is 9.62 Å². The van der Waals surface area contributed by atoms with Crippen molar-refractivity contribution in [3.8, 4) is 0 Å². The molecule has 2 aromatic carbocycles. The zero-order valence-corrected chi connectivity index (χ0v) is 18.4. The van der Waals surface area contributed by atoms with Gasteiger partial charge in [0.2, 0.25) is 15.9 Å². The number of rotatable bonds is 8. The molecule has 1 saturated heterocycles. The van der Waals surface area contributed by atoms with Crippen molar-refractivity contribution in [1.29, 1.82) is 0 Å². The summed E-state index contributed by atoms with van der Waals surface area (Å²) in [6, 6.07) is 12.0. The molecule has 31 heavy (non-hydrogen) atoms. The van der Waals surface area contributed by atoms with Gasteiger partial charge in [0.1, 0.15) is 5.82 Å². The zero-order valence-electron chi connectivity index (χ0n) is 17.5. The van der Waals surface area contributed by atoms with Crippen molar-refractivity contribution in [3.05, 3.63) is 65.5 Å². The summed E-state index contributed by atoms with van der Waals surface area (Å²) in [6.45, 7) is 5.90. The summed E-state index contributed by atoms with van der Waals surface area (Å²) in [5, 5.41) is 2.90. The van der Waals surface area contributed by atoms with Gasteiger partial charge >= 0.3 is 0 Å². The van der Waals surface area contributed by atoms with E-state index in [0.717, 1.165) is 23.0 Å². The van der Waals surface area contributed by atoms with E-state index >= 15 is 0 Å². The monoisotopic (exact) mass is 447 g/mol. The maximum absolute atomic E-state index is 13.3. The van der Waals surface area contributed by atoms with Crippen LogP contribution in [-0.2, 0) is 14.8 Å². The molecule has 9 heteroatoms. The summed E-state index contributed by atoms with van der Waals surface area (Å²) in [4.78, 5) is 26.7. The molecule has 3 rings (SSSR count). The summed E-state index contributed by atoms with van der Waals surface area (Å²) in [5.74, 6) is -1.31. The molecule has 0 aromatic heterocycles. The van der Waals surface area contributed by atoms with Gasteiger partial charge in [0, 0.05) is 18.5 Å². The van der Waals surface area contributed by atoms with E-state index in [9.17, 15) is 22.4 Å². The second-order valence-corrected chi connectivity index (χ2v) is 9.21. The Morgan fingerprint density at radius 1 is 1.10 bits per heavy atom. The number of halogens is 1. The van der Waals surface area contributed by atoms with Crippen LogP contribution in [0.3, 0.4) is 0 Å². The molecule has 1 unspecified atom stereocenters. The normalized spacial score (nSPS) is 16.5. The summed E-state index contributed by atoms with van der Waals surface area (Å²) < 4.78 is 38.2. The number of nitrogens with one attached hydrogen (secondary N) is 1. The minimum atomic E-state index is -3.64. The van der Waals surface area contributed by atoms with Crippen molar-refractivity contribution in [3.63, 3.8) is 0 Å². The Kier molecular flexibility index (Phi) is 7.07. The van der Waals surface area contributed by atoms with Crippen molar-refractivity contribution in [2.24, 2.45) is 0 Å². The van der Waals surface area contributed by atoms with Gasteiger partial charge in [0.05, 0.1) is 17.5 Å². The number of carbonyl (C=O) groups is 2. The lowest BCUT2D eigenvalue weighted by Gasteiger charge is -2.30. The number of hydrogen-bond acceptors (Lipinski definition) is 5. The molecule has 2 amide bonds. The van der Waals surface area contributed by atoms with E-state index in [2.05, 4.69) is 10.2 Å². The smallest absolute Gasteiger partial charge is 0.251 e. The highest BCUT2D eigenvalue weighted by molar-refractivity contribution is 7.94. The minimum absolute atomic E-state index is 0.0410. The molecular weight excluding hydrogens is 421 g/mol. The fraction of sp³-hybridized carbons (Fsp3) is 0.364. The van der Waals surface area contributed by atoms with Gasteiger partial charge in [-0.05, 0) is 55.1 Å². The third-order valence-electron chi connectivity index (χ3n) is 5.41. The lowest BCUT2D eigenvalue weighted by Crippen LogP contribution is -2.38. The van der Waals surface area contributed by atoms with Crippen LogP contribution in [0.1, 0.15) is 42.2 Å². The highest BCUT2D eigenvalue weighted by atomic mass is 32.2. The van der Waals surface area contributed by atoms with Crippen molar-refractivity contribution in [2.45, 2.75) is 26.3 Å². The molecule has 2 aromatic rings. The lowest BCUT2D eigenvalue weighted by atomic mass is 10.0. The summed E-state index contributed by atoms with van der Waals surface area (Å²) >= 11 is 0. The molecule has 0 aliphatic carbocycles. The first kappa shape index (κ1) is 22.9. The fourth-order valence-electron chi connectivity index (χ4n) is 3.72. The van der Waals surface area contributed by atoms with E-state index in [1.807, 2.05) is 13.8 Å². The predicted octanol–water partition coefficient (Wildman–Crippen LogP) is 2.71. The minimum Gasteiger partial charge on any atom is -0.350 e. The largest absolute Gasteiger partial charge is 0.350 e. The number of hydrogen-bond donors (Lipinski definition) is 1. The summed E-state index contributed by atoms with van der Waals surface area (Å²) in [6.07, 6.45) is -0.0410. The Bertz CT molecular complexity index is 1040. The lowest BCUT2D eigenvalue weighted by molar-refractivity contribution is -0.116. The Labute approximate surface area is 181 Å². The number of nitrogens with zero attached hydrogens (tertiary/aromatic N) is 2. The van der Waals surface area contributed by atoms with E-state index in [4.69, 9.17) is 0 Å².